The van der Waals surface area contributed by atoms with Gasteiger partial charge in [0.15, 0.2) is 29.2 Å². The minimum absolute atomic E-state index is 0.0295. The number of fused-ring (bicyclic) bond motifs is 1. The molecule has 8 nitrogen and oxygen atoms in total. The largest absolute Gasteiger partial charge is 0.452 e. The SMILES string of the molecule is CCCCc1ccc(NS(=O)(=O)c2cc(C(=O)OCC(=O)Nc3nc4c(F)c(F)c(F)cc4s3)ccc2C)cc1. The van der Waals surface area contributed by atoms with Crippen molar-refractivity contribution in [2.24, 2.45) is 0 Å². The van der Waals surface area contributed by atoms with Gasteiger partial charge in [-0.2, -0.15) is 0 Å². The first-order chi connectivity index (χ1) is 19.0. The van der Waals surface area contributed by atoms with E-state index in [9.17, 15) is 31.2 Å². The van der Waals surface area contributed by atoms with Crippen molar-refractivity contribution in [3.05, 3.63) is 82.7 Å². The predicted octanol–water partition coefficient (Wildman–Crippen LogP) is 5.96. The monoisotopic (exact) mass is 591 g/mol. The highest BCUT2D eigenvalue weighted by atomic mass is 32.2. The summed E-state index contributed by atoms with van der Waals surface area (Å²) in [6.45, 7) is 2.88. The van der Waals surface area contributed by atoms with Crippen LogP contribution in [-0.4, -0.2) is 31.9 Å². The molecule has 210 valence electrons. The molecule has 4 rings (SSSR count). The maximum atomic E-state index is 13.9. The van der Waals surface area contributed by atoms with Gasteiger partial charge in [0.2, 0.25) is 0 Å². The fourth-order valence-electron chi connectivity index (χ4n) is 3.74. The van der Waals surface area contributed by atoms with Crippen molar-refractivity contribution < 1.29 is 35.9 Å². The van der Waals surface area contributed by atoms with Crippen molar-refractivity contribution in [2.45, 2.75) is 38.0 Å². The number of thiazole rings is 1. The van der Waals surface area contributed by atoms with Crippen LogP contribution in [0.15, 0.2) is 53.4 Å². The van der Waals surface area contributed by atoms with E-state index in [0.717, 1.165) is 37.0 Å². The molecular formula is C27H24F3N3O5S2. The van der Waals surface area contributed by atoms with E-state index in [1.807, 2.05) is 12.1 Å². The molecule has 0 atom stereocenters. The third-order valence-electron chi connectivity index (χ3n) is 5.84. The smallest absolute Gasteiger partial charge is 0.338 e. The Labute approximate surface area is 232 Å². The molecule has 0 fully saturated rings. The van der Waals surface area contributed by atoms with E-state index in [2.05, 4.69) is 21.9 Å². The van der Waals surface area contributed by atoms with Crippen molar-refractivity contribution in [3.63, 3.8) is 0 Å². The zero-order valence-electron chi connectivity index (χ0n) is 21.4. The Morgan fingerprint density at radius 3 is 2.45 bits per heavy atom. The first kappa shape index (κ1) is 29.0. The molecule has 0 radical (unpaired) electrons. The summed E-state index contributed by atoms with van der Waals surface area (Å²) >= 11 is 0.700. The summed E-state index contributed by atoms with van der Waals surface area (Å²) in [7, 11) is -4.05. The lowest BCUT2D eigenvalue weighted by molar-refractivity contribution is -0.119. The summed E-state index contributed by atoms with van der Waals surface area (Å²) in [5, 5.41) is 2.11. The molecule has 0 saturated heterocycles. The normalized spacial score (nSPS) is 11.4. The van der Waals surface area contributed by atoms with Crippen LogP contribution in [0.1, 0.15) is 41.3 Å². The molecule has 4 aromatic rings. The van der Waals surface area contributed by atoms with E-state index >= 15 is 0 Å². The van der Waals surface area contributed by atoms with Crippen LogP contribution in [0.3, 0.4) is 0 Å². The van der Waals surface area contributed by atoms with Crippen LogP contribution in [0.4, 0.5) is 24.0 Å². The number of nitrogens with one attached hydrogen (secondary N) is 2. The number of sulfonamides is 1. The van der Waals surface area contributed by atoms with Crippen LogP contribution < -0.4 is 10.0 Å². The molecule has 0 unspecified atom stereocenters. The Morgan fingerprint density at radius 2 is 1.75 bits per heavy atom. The van der Waals surface area contributed by atoms with Crippen molar-refractivity contribution in [2.75, 3.05) is 16.6 Å². The predicted molar refractivity (Wildman–Crippen MR) is 145 cm³/mol. The number of carbonyl (C=O) groups excluding carboxylic acids is 2. The van der Waals surface area contributed by atoms with Crippen LogP contribution in [-0.2, 0) is 26.0 Å². The fraction of sp³-hybridized carbons (Fsp3) is 0.222. The molecule has 1 aromatic heterocycles. The molecular weight excluding hydrogens is 567 g/mol. The van der Waals surface area contributed by atoms with Gasteiger partial charge in [-0.1, -0.05) is 42.9 Å². The van der Waals surface area contributed by atoms with Crippen LogP contribution in [0.25, 0.3) is 10.2 Å². The molecule has 1 heterocycles. The van der Waals surface area contributed by atoms with Gasteiger partial charge in [0.1, 0.15) is 5.52 Å². The molecule has 0 aliphatic heterocycles. The number of aromatic nitrogens is 1. The number of nitrogens with zero attached hydrogens (tertiary/aromatic N) is 1. The van der Waals surface area contributed by atoms with E-state index in [1.165, 1.54) is 12.1 Å². The lowest BCUT2D eigenvalue weighted by atomic mass is 10.1. The molecule has 3 aromatic carbocycles. The van der Waals surface area contributed by atoms with Gasteiger partial charge >= 0.3 is 5.97 Å². The Morgan fingerprint density at radius 1 is 1.02 bits per heavy atom. The van der Waals surface area contributed by atoms with Gasteiger partial charge in [-0.3, -0.25) is 14.8 Å². The van der Waals surface area contributed by atoms with Crippen molar-refractivity contribution >= 4 is 54.3 Å². The number of unbranched alkanes of at least 4 members (excludes halogenated alkanes) is 1. The summed E-state index contributed by atoms with van der Waals surface area (Å²) in [5.41, 5.74) is 1.28. The number of carbonyl (C=O) groups is 2. The summed E-state index contributed by atoms with van der Waals surface area (Å²) in [6, 6.07) is 11.7. The Bertz CT molecular complexity index is 1690. The average molecular weight is 592 g/mol. The van der Waals surface area contributed by atoms with Crippen LogP contribution in [0.5, 0.6) is 0 Å². The highest BCUT2D eigenvalue weighted by Gasteiger charge is 2.22. The van der Waals surface area contributed by atoms with Crippen molar-refractivity contribution in [3.8, 4) is 0 Å². The number of hydrogen-bond acceptors (Lipinski definition) is 7. The Kier molecular flexibility index (Phi) is 8.74. The number of amides is 1. The second-order valence-electron chi connectivity index (χ2n) is 8.86. The first-order valence-electron chi connectivity index (χ1n) is 12.1. The van der Waals surface area contributed by atoms with E-state index in [4.69, 9.17) is 4.74 Å². The maximum absolute atomic E-state index is 13.9. The molecule has 13 heteroatoms. The molecule has 0 saturated carbocycles. The molecule has 0 spiro atoms. The Balaban J connectivity index is 1.41. The number of aryl methyl sites for hydroxylation is 2. The zero-order valence-corrected chi connectivity index (χ0v) is 23.0. The number of anilines is 2. The van der Waals surface area contributed by atoms with Gasteiger partial charge in [0.25, 0.3) is 15.9 Å². The summed E-state index contributed by atoms with van der Waals surface area (Å²) in [6.07, 6.45) is 2.97. The number of ether oxygens (including phenoxy) is 1. The zero-order chi connectivity index (χ0) is 29.0. The third kappa shape index (κ3) is 6.59. The highest BCUT2D eigenvalue weighted by Crippen LogP contribution is 2.30. The lowest BCUT2D eigenvalue weighted by Gasteiger charge is -2.12. The summed E-state index contributed by atoms with van der Waals surface area (Å²) in [4.78, 5) is 28.4. The van der Waals surface area contributed by atoms with Gasteiger partial charge in [0, 0.05) is 5.69 Å². The van der Waals surface area contributed by atoms with Crippen LogP contribution in [0, 0.1) is 24.4 Å². The molecule has 40 heavy (non-hydrogen) atoms. The number of esters is 1. The maximum Gasteiger partial charge on any atom is 0.338 e. The fourth-order valence-corrected chi connectivity index (χ4v) is 5.98. The van der Waals surface area contributed by atoms with E-state index in [0.29, 0.717) is 22.6 Å². The second kappa shape index (κ2) is 12.0. The van der Waals surface area contributed by atoms with Gasteiger partial charge in [-0.25, -0.2) is 31.4 Å². The molecule has 1 amide bonds. The van der Waals surface area contributed by atoms with Crippen LogP contribution >= 0.6 is 11.3 Å². The number of rotatable bonds is 10. The van der Waals surface area contributed by atoms with Gasteiger partial charge in [-0.05, 0) is 61.2 Å². The Hall–Kier alpha value is -3.97. The molecule has 0 aliphatic carbocycles. The second-order valence-corrected chi connectivity index (χ2v) is 11.5. The summed E-state index contributed by atoms with van der Waals surface area (Å²) < 4.78 is 74.3. The first-order valence-corrected chi connectivity index (χ1v) is 14.4. The topological polar surface area (TPSA) is 114 Å². The lowest BCUT2D eigenvalue weighted by Crippen LogP contribution is -2.21. The van der Waals surface area contributed by atoms with Crippen molar-refractivity contribution in [1.82, 2.24) is 4.98 Å². The molecule has 0 bridgehead atoms. The number of hydrogen-bond donors (Lipinski definition) is 2. The minimum atomic E-state index is -4.05. The van der Waals surface area contributed by atoms with Gasteiger partial charge < -0.3 is 4.74 Å². The standard InChI is InChI=1S/C27H24F3N3O5S2/c1-3-4-5-16-7-10-18(11-8-16)33-40(36,37)21-12-17(9-6-15(21)2)26(35)38-14-22(34)31-27-32-25-20(39-27)13-19(28)23(29)24(25)30/h6-13,33H,3-5,14H2,1-2H3,(H,31,32,34). The third-order valence-corrected chi connectivity index (χ3v) is 8.28. The van der Waals surface area contributed by atoms with Crippen LogP contribution in [0.2, 0.25) is 0 Å². The van der Waals surface area contributed by atoms with Gasteiger partial charge in [0.05, 0.1) is 15.2 Å². The van der Waals surface area contributed by atoms with E-state index in [1.54, 1.807) is 19.1 Å². The number of benzene rings is 3. The molecule has 0 aliphatic rings. The van der Waals surface area contributed by atoms with E-state index < -0.39 is 51.5 Å². The van der Waals surface area contributed by atoms with Gasteiger partial charge in [-0.15, -0.1) is 0 Å². The molecule has 2 N–H and O–H groups in total. The highest BCUT2D eigenvalue weighted by molar-refractivity contribution is 7.92. The quantitative estimate of drug-likeness (QED) is 0.174. The number of halogens is 3. The average Bonchev–Trinajstić information content (AvgIpc) is 3.32. The van der Waals surface area contributed by atoms with Crippen molar-refractivity contribution in [1.29, 1.82) is 0 Å². The minimum Gasteiger partial charge on any atom is -0.452 e. The summed E-state index contributed by atoms with van der Waals surface area (Å²) in [5.74, 6) is -6.37. The van der Waals surface area contributed by atoms with E-state index in [-0.39, 0.29) is 20.3 Å².